The van der Waals surface area contributed by atoms with Gasteiger partial charge in [0, 0.05) is 47.1 Å². The third kappa shape index (κ3) is 5.19. The van der Waals surface area contributed by atoms with Crippen LogP contribution in [0.2, 0.25) is 0 Å². The number of carbonyl (C=O) groups is 1. The Hall–Kier alpha value is -4.92. The fraction of sp³-hybridized carbons (Fsp3) is 0.0769. The summed E-state index contributed by atoms with van der Waals surface area (Å²) in [7, 11) is 1.94. The minimum atomic E-state index is -0.323. The number of anilines is 6. The summed E-state index contributed by atoms with van der Waals surface area (Å²) < 4.78 is 1.87. The fourth-order valence-electron chi connectivity index (χ4n) is 3.66. The number of para-hydroxylation sites is 1. The first kappa shape index (κ1) is 21.9. The number of fused-ring (bicyclic) bond motifs is 1. The molecule has 0 fully saturated rings. The lowest BCUT2D eigenvalue weighted by atomic mass is 10.2. The Labute approximate surface area is 202 Å². The lowest BCUT2D eigenvalue weighted by molar-refractivity contribution is 0.262. The van der Waals surface area contributed by atoms with Crippen LogP contribution in [0.25, 0.3) is 10.9 Å². The number of urea groups is 1. The van der Waals surface area contributed by atoms with E-state index in [0.717, 1.165) is 28.0 Å². The Morgan fingerprint density at radius 1 is 0.800 bits per heavy atom. The summed E-state index contributed by atoms with van der Waals surface area (Å²) in [6, 6.07) is 24.1. The lowest BCUT2D eigenvalue weighted by Gasteiger charge is -2.11. The molecule has 2 amide bonds. The SMILES string of the molecule is Cc1c2ccc(Nc3ccnc(Nc4cccc(NC(=O)Nc5ccccc5)c4)n3)cc2nn1C. The second kappa shape index (κ2) is 9.52. The van der Waals surface area contributed by atoms with Crippen molar-refractivity contribution in [2.45, 2.75) is 6.92 Å². The first-order valence-corrected chi connectivity index (χ1v) is 11.1. The predicted molar refractivity (Wildman–Crippen MR) is 140 cm³/mol. The van der Waals surface area contributed by atoms with Crippen molar-refractivity contribution in [3.05, 3.63) is 90.8 Å². The average molecular weight is 465 g/mol. The van der Waals surface area contributed by atoms with E-state index in [0.29, 0.717) is 23.1 Å². The molecule has 5 rings (SSSR count). The maximum absolute atomic E-state index is 12.3. The molecule has 35 heavy (non-hydrogen) atoms. The van der Waals surface area contributed by atoms with Crippen molar-refractivity contribution >= 4 is 51.4 Å². The number of aryl methyl sites for hydroxylation is 2. The van der Waals surface area contributed by atoms with Gasteiger partial charge in [0.1, 0.15) is 5.82 Å². The van der Waals surface area contributed by atoms with Gasteiger partial charge in [-0.05, 0) is 61.5 Å². The van der Waals surface area contributed by atoms with Gasteiger partial charge in [0.2, 0.25) is 5.95 Å². The van der Waals surface area contributed by atoms with Crippen LogP contribution in [0.5, 0.6) is 0 Å². The highest BCUT2D eigenvalue weighted by Crippen LogP contribution is 2.24. The summed E-state index contributed by atoms with van der Waals surface area (Å²) in [5.74, 6) is 1.07. The van der Waals surface area contributed by atoms with Crippen LogP contribution >= 0.6 is 0 Å². The maximum Gasteiger partial charge on any atom is 0.323 e. The molecule has 0 radical (unpaired) electrons. The highest BCUT2D eigenvalue weighted by molar-refractivity contribution is 6.00. The summed E-state index contributed by atoms with van der Waals surface area (Å²) in [6.07, 6.45) is 1.68. The van der Waals surface area contributed by atoms with Crippen LogP contribution in [-0.2, 0) is 7.05 Å². The zero-order valence-electron chi connectivity index (χ0n) is 19.3. The third-order valence-electron chi connectivity index (χ3n) is 5.47. The fourth-order valence-corrected chi connectivity index (χ4v) is 3.66. The molecular weight excluding hydrogens is 440 g/mol. The summed E-state index contributed by atoms with van der Waals surface area (Å²) in [4.78, 5) is 21.2. The molecule has 4 N–H and O–H groups in total. The van der Waals surface area contributed by atoms with Gasteiger partial charge in [0.05, 0.1) is 5.52 Å². The van der Waals surface area contributed by atoms with Crippen molar-refractivity contribution in [1.82, 2.24) is 19.7 Å². The van der Waals surface area contributed by atoms with Crippen molar-refractivity contribution in [1.29, 1.82) is 0 Å². The highest BCUT2D eigenvalue weighted by Gasteiger charge is 2.08. The molecule has 9 nitrogen and oxygen atoms in total. The van der Waals surface area contributed by atoms with Gasteiger partial charge in [-0.3, -0.25) is 4.68 Å². The molecule has 5 aromatic rings. The van der Waals surface area contributed by atoms with E-state index in [1.807, 2.05) is 91.4 Å². The largest absolute Gasteiger partial charge is 0.340 e. The zero-order chi connectivity index (χ0) is 24.2. The van der Waals surface area contributed by atoms with Gasteiger partial charge < -0.3 is 21.3 Å². The molecule has 0 atom stereocenters. The van der Waals surface area contributed by atoms with Crippen LogP contribution in [0.15, 0.2) is 85.1 Å². The molecule has 0 unspecified atom stereocenters. The Kier molecular flexibility index (Phi) is 5.96. The van der Waals surface area contributed by atoms with E-state index in [2.05, 4.69) is 36.3 Å². The van der Waals surface area contributed by atoms with Gasteiger partial charge in [-0.1, -0.05) is 24.3 Å². The Morgan fingerprint density at radius 2 is 1.54 bits per heavy atom. The van der Waals surface area contributed by atoms with Crippen molar-refractivity contribution in [3.8, 4) is 0 Å². The molecule has 0 bridgehead atoms. The number of nitrogens with zero attached hydrogens (tertiary/aromatic N) is 4. The number of carbonyl (C=O) groups excluding carboxylic acids is 1. The molecular formula is C26H24N8O. The average Bonchev–Trinajstić information content (AvgIpc) is 3.13. The second-order valence-corrected chi connectivity index (χ2v) is 7.98. The van der Waals surface area contributed by atoms with E-state index in [1.54, 1.807) is 12.3 Å². The molecule has 3 aromatic carbocycles. The molecule has 0 aliphatic carbocycles. The van der Waals surface area contributed by atoms with Crippen molar-refractivity contribution in [2.75, 3.05) is 21.3 Å². The monoisotopic (exact) mass is 464 g/mol. The van der Waals surface area contributed by atoms with Crippen LogP contribution in [0.4, 0.5) is 39.3 Å². The Balaban J connectivity index is 1.26. The van der Waals surface area contributed by atoms with Gasteiger partial charge in [-0.15, -0.1) is 0 Å². The molecule has 174 valence electrons. The minimum Gasteiger partial charge on any atom is -0.340 e. The molecule has 0 aliphatic rings. The van der Waals surface area contributed by atoms with Gasteiger partial charge >= 0.3 is 6.03 Å². The van der Waals surface area contributed by atoms with Crippen molar-refractivity contribution in [2.24, 2.45) is 7.05 Å². The molecule has 0 saturated heterocycles. The smallest absolute Gasteiger partial charge is 0.323 e. The number of amides is 2. The topological polar surface area (TPSA) is 109 Å². The molecule has 0 saturated carbocycles. The lowest BCUT2D eigenvalue weighted by Crippen LogP contribution is -2.19. The summed E-state index contributed by atoms with van der Waals surface area (Å²) >= 11 is 0. The standard InChI is InChI=1S/C26H24N8O/c1-17-22-12-11-21(16-23(22)33-34(17)2)28-24-13-14-27-25(32-24)29-19-9-6-10-20(15-19)31-26(35)30-18-7-4-3-5-8-18/h3-16H,1-2H3,(H2,30,31,35)(H2,27,28,29,32). The molecule has 0 spiro atoms. The van der Waals surface area contributed by atoms with E-state index in [-0.39, 0.29) is 6.03 Å². The van der Waals surface area contributed by atoms with Crippen LogP contribution < -0.4 is 21.3 Å². The van der Waals surface area contributed by atoms with Gasteiger partial charge in [-0.25, -0.2) is 9.78 Å². The number of hydrogen-bond acceptors (Lipinski definition) is 6. The number of hydrogen-bond donors (Lipinski definition) is 4. The second-order valence-electron chi connectivity index (χ2n) is 7.98. The summed E-state index contributed by atoms with van der Waals surface area (Å²) in [6.45, 7) is 2.05. The zero-order valence-corrected chi connectivity index (χ0v) is 19.3. The number of aromatic nitrogens is 4. The summed E-state index contributed by atoms with van der Waals surface area (Å²) in [5.41, 5.74) is 5.02. The normalized spacial score (nSPS) is 10.7. The van der Waals surface area contributed by atoms with E-state index in [1.165, 1.54) is 0 Å². The minimum absolute atomic E-state index is 0.323. The maximum atomic E-state index is 12.3. The molecule has 2 heterocycles. The highest BCUT2D eigenvalue weighted by atomic mass is 16.2. The Morgan fingerprint density at radius 3 is 2.40 bits per heavy atom. The van der Waals surface area contributed by atoms with Gasteiger partial charge in [0.25, 0.3) is 0 Å². The van der Waals surface area contributed by atoms with E-state index >= 15 is 0 Å². The van der Waals surface area contributed by atoms with E-state index in [4.69, 9.17) is 0 Å². The quantitative estimate of drug-likeness (QED) is 0.253. The molecule has 9 heteroatoms. The molecule has 0 aliphatic heterocycles. The van der Waals surface area contributed by atoms with Gasteiger partial charge in [-0.2, -0.15) is 10.1 Å². The first-order chi connectivity index (χ1) is 17.0. The van der Waals surface area contributed by atoms with E-state index < -0.39 is 0 Å². The van der Waals surface area contributed by atoms with Crippen molar-refractivity contribution in [3.63, 3.8) is 0 Å². The van der Waals surface area contributed by atoms with Crippen LogP contribution in [-0.4, -0.2) is 25.8 Å². The van der Waals surface area contributed by atoms with Crippen LogP contribution in [0.3, 0.4) is 0 Å². The number of rotatable bonds is 6. The number of benzene rings is 3. The van der Waals surface area contributed by atoms with Gasteiger partial charge in [0.15, 0.2) is 0 Å². The third-order valence-corrected chi connectivity index (χ3v) is 5.47. The number of nitrogens with one attached hydrogen (secondary N) is 4. The van der Waals surface area contributed by atoms with E-state index in [9.17, 15) is 4.79 Å². The first-order valence-electron chi connectivity index (χ1n) is 11.1. The van der Waals surface area contributed by atoms with Crippen LogP contribution in [0, 0.1) is 6.92 Å². The van der Waals surface area contributed by atoms with Crippen molar-refractivity contribution < 1.29 is 4.79 Å². The Bertz CT molecular complexity index is 1500. The van der Waals surface area contributed by atoms with Crippen LogP contribution in [0.1, 0.15) is 5.69 Å². The predicted octanol–water partition coefficient (Wildman–Crippen LogP) is 5.80. The molecule has 2 aromatic heterocycles. The summed E-state index contributed by atoms with van der Waals surface area (Å²) in [5, 5.41) is 17.8.